The third-order valence-electron chi connectivity index (χ3n) is 2.46. The Morgan fingerprint density at radius 3 is 2.95 bits per heavy atom. The lowest BCUT2D eigenvalue weighted by atomic mass is 10.1. The highest BCUT2D eigenvalue weighted by Gasteiger charge is 2.07. The zero-order valence-corrected chi connectivity index (χ0v) is 10.1. The molecule has 3 heteroatoms. The molecule has 2 rings (SSSR count). The molecule has 0 radical (unpaired) electrons. The molecule has 0 spiro atoms. The van der Waals surface area contributed by atoms with Gasteiger partial charge in [-0.15, -0.1) is 0 Å². The SMILES string of the molecule is [2H]C([2H])([2H])C([2H])(NCC([2H])(O)C([2H])([2H])Oc1cccc2ccccc12)C([2H])([2H])[2H]. The number of hydrogen-bond acceptors (Lipinski definition) is 3. The van der Waals surface area contributed by atoms with Crippen LogP contribution in [0, 0.1) is 0 Å². The molecule has 0 bridgehead atoms. The second-order valence-corrected chi connectivity index (χ2v) is 3.86. The van der Waals surface area contributed by atoms with Gasteiger partial charge in [-0.25, -0.2) is 0 Å². The molecule has 0 aliphatic rings. The minimum absolute atomic E-state index is 0.0301. The van der Waals surface area contributed by atoms with Crippen LogP contribution in [0.1, 0.15) is 27.4 Å². The van der Waals surface area contributed by atoms with Gasteiger partial charge in [0.2, 0.25) is 0 Å². The van der Waals surface area contributed by atoms with E-state index >= 15 is 0 Å². The van der Waals surface area contributed by atoms with Crippen LogP contribution in [-0.4, -0.2) is 30.3 Å². The van der Waals surface area contributed by atoms with E-state index in [1.54, 1.807) is 36.4 Å². The molecule has 0 saturated carbocycles. The van der Waals surface area contributed by atoms with Gasteiger partial charge in [0.25, 0.3) is 0 Å². The van der Waals surface area contributed by atoms with Crippen molar-refractivity contribution >= 4 is 10.8 Å². The van der Waals surface area contributed by atoms with Gasteiger partial charge in [0.15, 0.2) is 0 Å². The average molecular weight is 269 g/mol. The molecule has 1 unspecified atom stereocenters. The summed E-state index contributed by atoms with van der Waals surface area (Å²) in [5.74, 6) is 0.0301. The molecule has 0 fully saturated rings. The van der Waals surface area contributed by atoms with Gasteiger partial charge in [-0.1, -0.05) is 50.1 Å². The van der Waals surface area contributed by atoms with Gasteiger partial charge in [-0.05, 0) is 11.5 Å². The minimum atomic E-state index is -3.34. The highest BCUT2D eigenvalue weighted by molar-refractivity contribution is 5.88. The number of nitrogens with one attached hydrogen (secondary N) is 1. The predicted molar refractivity (Wildman–Crippen MR) is 78.6 cm³/mol. The van der Waals surface area contributed by atoms with E-state index in [1.165, 1.54) is 6.07 Å². The van der Waals surface area contributed by atoms with Crippen LogP contribution in [0.15, 0.2) is 42.5 Å². The third-order valence-corrected chi connectivity index (χ3v) is 2.46. The summed E-state index contributed by atoms with van der Waals surface area (Å²) in [4.78, 5) is 0. The highest BCUT2D eigenvalue weighted by Crippen LogP contribution is 2.25. The summed E-state index contributed by atoms with van der Waals surface area (Å²) in [6.07, 6.45) is -3.12. The summed E-state index contributed by atoms with van der Waals surface area (Å²) >= 11 is 0. The lowest BCUT2D eigenvalue weighted by Gasteiger charge is -2.15. The van der Waals surface area contributed by atoms with Crippen LogP contribution in [-0.2, 0) is 0 Å². The Morgan fingerprint density at radius 1 is 1.32 bits per heavy atom. The van der Waals surface area contributed by atoms with E-state index in [1.807, 2.05) is 5.32 Å². The summed E-state index contributed by atoms with van der Waals surface area (Å²) in [5, 5.41) is 13.4. The Labute approximate surface area is 128 Å². The Kier molecular flexibility index (Phi) is 2.00. The number of hydrogen-bond donors (Lipinski definition) is 2. The molecule has 0 heterocycles. The van der Waals surface area contributed by atoms with Gasteiger partial charge in [0.05, 0.1) is 4.11 Å². The molecule has 0 amide bonds. The maximum absolute atomic E-state index is 10.3. The van der Waals surface area contributed by atoms with Crippen LogP contribution in [0.5, 0.6) is 5.75 Å². The fraction of sp³-hybridized carbons (Fsp3) is 0.375. The van der Waals surface area contributed by atoms with Gasteiger partial charge < -0.3 is 15.2 Å². The van der Waals surface area contributed by atoms with Crippen molar-refractivity contribution in [1.29, 1.82) is 0 Å². The van der Waals surface area contributed by atoms with E-state index in [4.69, 9.17) is 18.4 Å². The molecule has 0 aromatic heterocycles. The largest absolute Gasteiger partial charge is 0.490 e. The molecular weight excluding hydrogens is 238 g/mol. The van der Waals surface area contributed by atoms with Crippen molar-refractivity contribution in [2.75, 3.05) is 13.1 Å². The summed E-state index contributed by atoms with van der Waals surface area (Å²) in [6, 6.07) is 8.44. The van der Waals surface area contributed by atoms with Gasteiger partial charge >= 0.3 is 0 Å². The molecule has 19 heavy (non-hydrogen) atoms. The standard InChI is InChI=1S/C16H21NO2/c1-12(2)17-10-14(18)11-19-16-9-5-7-13-6-3-4-8-15(13)16/h3-9,12,14,17-18H,10-11H2,1-2H3/i1D3,2D3,11D2,12D,14D. The zero-order chi connectivity index (χ0) is 22.3. The van der Waals surface area contributed by atoms with Crippen LogP contribution >= 0.6 is 0 Å². The first-order valence-corrected chi connectivity index (χ1v) is 5.66. The lowest BCUT2D eigenvalue weighted by Crippen LogP contribution is -2.35. The van der Waals surface area contributed by atoms with E-state index in [0.29, 0.717) is 5.39 Å². The Balaban J connectivity index is 2.29. The van der Waals surface area contributed by atoms with Gasteiger partial charge in [-0.3, -0.25) is 0 Å². The first-order chi connectivity index (χ1) is 13.0. The van der Waals surface area contributed by atoms with Crippen molar-refractivity contribution in [3.05, 3.63) is 42.5 Å². The normalized spacial score (nSPS) is 24.9. The number of rotatable bonds is 6. The van der Waals surface area contributed by atoms with Crippen LogP contribution in [0.25, 0.3) is 10.8 Å². The molecule has 0 aliphatic heterocycles. The van der Waals surface area contributed by atoms with Crippen LogP contribution in [0.4, 0.5) is 0 Å². The first kappa shape index (κ1) is 5.81. The first-order valence-electron chi connectivity index (χ1n) is 10.7. The Hall–Kier alpha value is -1.58. The molecule has 1 atom stereocenters. The van der Waals surface area contributed by atoms with Crippen molar-refractivity contribution in [2.45, 2.75) is 25.8 Å². The Morgan fingerprint density at radius 2 is 2.11 bits per heavy atom. The van der Waals surface area contributed by atoms with E-state index < -0.39 is 38.9 Å². The van der Waals surface area contributed by atoms with Gasteiger partial charge in [-0.2, -0.15) is 0 Å². The van der Waals surface area contributed by atoms with E-state index in [0.717, 1.165) is 5.39 Å². The maximum Gasteiger partial charge on any atom is 0.127 e. The Bertz CT molecular complexity index is 843. The van der Waals surface area contributed by atoms with Gasteiger partial charge in [0, 0.05) is 27.5 Å². The quantitative estimate of drug-likeness (QED) is 0.847. The summed E-state index contributed by atoms with van der Waals surface area (Å²) in [7, 11) is 0. The number of aliphatic hydroxyl groups is 1. The van der Waals surface area contributed by atoms with Crippen molar-refractivity contribution < 1.29 is 23.6 Å². The molecule has 0 aliphatic carbocycles. The molecule has 102 valence electrons. The maximum atomic E-state index is 10.3. The molecule has 0 saturated heterocycles. The van der Waals surface area contributed by atoms with Crippen LogP contribution in [0.2, 0.25) is 0 Å². The van der Waals surface area contributed by atoms with E-state index in [-0.39, 0.29) is 5.75 Å². The van der Waals surface area contributed by atoms with Crippen molar-refractivity contribution in [3.8, 4) is 5.75 Å². The molecule has 2 aromatic carbocycles. The van der Waals surface area contributed by atoms with Crippen molar-refractivity contribution in [2.24, 2.45) is 0 Å². The topological polar surface area (TPSA) is 41.5 Å². The van der Waals surface area contributed by atoms with Gasteiger partial charge in [0.1, 0.15) is 18.4 Å². The third kappa shape index (κ3) is 3.94. The fourth-order valence-corrected chi connectivity index (χ4v) is 1.61. The fourth-order valence-electron chi connectivity index (χ4n) is 1.61. The van der Waals surface area contributed by atoms with Crippen LogP contribution in [0.3, 0.4) is 0 Å². The summed E-state index contributed by atoms with van der Waals surface area (Å²) in [5.41, 5.74) is 0. The monoisotopic (exact) mass is 269 g/mol. The minimum Gasteiger partial charge on any atom is -0.490 e. The van der Waals surface area contributed by atoms with Crippen LogP contribution < -0.4 is 10.1 Å². The van der Waals surface area contributed by atoms with E-state index in [9.17, 15) is 5.11 Å². The molecule has 2 aromatic rings. The second-order valence-electron chi connectivity index (χ2n) is 3.86. The molecule has 3 nitrogen and oxygen atoms in total. The van der Waals surface area contributed by atoms with Crippen molar-refractivity contribution in [1.82, 2.24) is 5.32 Å². The zero-order valence-electron chi connectivity index (χ0n) is 20.1. The molecule has 2 N–H and O–H groups in total. The number of fused-ring (bicyclic) bond motifs is 1. The molecular formula is C16H21NO2. The smallest absolute Gasteiger partial charge is 0.127 e. The van der Waals surface area contributed by atoms with Crippen molar-refractivity contribution in [3.63, 3.8) is 0 Å². The number of ether oxygens (including phenoxy) is 1. The lowest BCUT2D eigenvalue weighted by molar-refractivity contribution is 0.105. The highest BCUT2D eigenvalue weighted by atomic mass is 16.5. The average Bonchev–Trinajstić information content (AvgIpc) is 2.57. The second kappa shape index (κ2) is 6.55. The summed E-state index contributed by atoms with van der Waals surface area (Å²) < 4.78 is 80.9. The summed E-state index contributed by atoms with van der Waals surface area (Å²) in [6.45, 7) is -10.9. The predicted octanol–water partition coefficient (Wildman–Crippen LogP) is 2.58. The number of benzene rings is 2. The van der Waals surface area contributed by atoms with E-state index in [2.05, 4.69) is 0 Å².